The van der Waals surface area contributed by atoms with Gasteiger partial charge in [0.15, 0.2) is 0 Å². The molecular formula is C20H23N5O4. The maximum absolute atomic E-state index is 11.1. The molecule has 0 unspecified atom stereocenters. The first kappa shape index (κ1) is 20.3. The molecule has 9 heteroatoms. The summed E-state index contributed by atoms with van der Waals surface area (Å²) < 4.78 is 5.30. The molecule has 152 valence electrons. The monoisotopic (exact) mass is 397 g/mol. The number of non-ortho nitro benzene ring substituents is 1. The minimum absolute atomic E-state index is 0.0430. The maximum atomic E-state index is 11.1. The molecule has 0 bridgehead atoms. The third-order valence-corrected chi connectivity index (χ3v) is 4.37. The number of nitrogens with one attached hydrogen (secondary N) is 2. The van der Waals surface area contributed by atoms with E-state index in [0.717, 1.165) is 5.56 Å². The van der Waals surface area contributed by atoms with Crippen LogP contribution in [0, 0.1) is 10.1 Å². The van der Waals surface area contributed by atoms with E-state index in [-0.39, 0.29) is 18.8 Å². The number of aliphatic hydroxyl groups is 1. The van der Waals surface area contributed by atoms with Gasteiger partial charge < -0.3 is 20.3 Å². The summed E-state index contributed by atoms with van der Waals surface area (Å²) in [6.45, 7) is 4.73. The van der Waals surface area contributed by atoms with Crippen molar-refractivity contribution in [1.82, 2.24) is 10.1 Å². The van der Waals surface area contributed by atoms with Gasteiger partial charge in [0, 0.05) is 24.2 Å². The second kappa shape index (κ2) is 9.16. The van der Waals surface area contributed by atoms with E-state index in [2.05, 4.69) is 34.6 Å². The first-order chi connectivity index (χ1) is 14.0. The molecule has 3 rings (SSSR count). The van der Waals surface area contributed by atoms with Crippen LogP contribution in [0.1, 0.15) is 31.2 Å². The molecule has 0 aliphatic rings. The summed E-state index contributed by atoms with van der Waals surface area (Å²) in [4.78, 5) is 15.0. The molecule has 0 saturated carbocycles. The highest BCUT2D eigenvalue weighted by Crippen LogP contribution is 2.27. The van der Waals surface area contributed by atoms with Gasteiger partial charge in [0.25, 0.3) is 5.69 Å². The van der Waals surface area contributed by atoms with Gasteiger partial charge >= 0.3 is 0 Å². The lowest BCUT2D eigenvalue weighted by molar-refractivity contribution is -0.384. The number of nitro groups is 1. The zero-order valence-corrected chi connectivity index (χ0v) is 16.3. The molecule has 1 aromatic heterocycles. The summed E-state index contributed by atoms with van der Waals surface area (Å²) >= 11 is 0. The highest BCUT2D eigenvalue weighted by Gasteiger charge is 2.13. The largest absolute Gasteiger partial charge is 0.395 e. The van der Waals surface area contributed by atoms with Crippen LogP contribution in [-0.2, 0) is 6.54 Å². The van der Waals surface area contributed by atoms with Crippen molar-refractivity contribution >= 4 is 17.1 Å². The fourth-order valence-corrected chi connectivity index (χ4v) is 2.77. The van der Waals surface area contributed by atoms with Crippen molar-refractivity contribution in [3.8, 4) is 11.4 Å². The fraction of sp³-hybridized carbons (Fsp3) is 0.300. The van der Waals surface area contributed by atoms with E-state index in [1.165, 1.54) is 17.7 Å². The van der Waals surface area contributed by atoms with Crippen LogP contribution in [0.15, 0.2) is 47.0 Å². The fourth-order valence-electron chi connectivity index (χ4n) is 2.77. The number of aliphatic hydroxyl groups excluding tert-OH is 1. The van der Waals surface area contributed by atoms with Gasteiger partial charge in [-0.2, -0.15) is 4.98 Å². The van der Waals surface area contributed by atoms with Crippen molar-refractivity contribution in [2.45, 2.75) is 26.3 Å². The Balaban J connectivity index is 1.73. The van der Waals surface area contributed by atoms with E-state index in [1.54, 1.807) is 6.07 Å². The van der Waals surface area contributed by atoms with E-state index in [0.29, 0.717) is 35.6 Å². The van der Waals surface area contributed by atoms with Crippen molar-refractivity contribution in [2.24, 2.45) is 0 Å². The van der Waals surface area contributed by atoms with Gasteiger partial charge in [-0.3, -0.25) is 10.1 Å². The molecule has 0 atom stereocenters. The van der Waals surface area contributed by atoms with E-state index in [1.807, 2.05) is 24.3 Å². The molecular weight excluding hydrogens is 374 g/mol. The Labute approximate surface area is 167 Å². The SMILES string of the molecule is CC(C)c1ccc(-c2noc(CNc3cc([N+](=O)[O-])ccc3NCCO)n2)cc1. The quantitative estimate of drug-likeness (QED) is 0.368. The van der Waals surface area contributed by atoms with E-state index in [9.17, 15) is 10.1 Å². The van der Waals surface area contributed by atoms with Gasteiger partial charge in [-0.05, 0) is 17.5 Å². The number of benzene rings is 2. The van der Waals surface area contributed by atoms with Crippen LogP contribution in [0.2, 0.25) is 0 Å². The lowest BCUT2D eigenvalue weighted by atomic mass is 10.0. The molecule has 29 heavy (non-hydrogen) atoms. The number of aromatic nitrogens is 2. The molecule has 3 aromatic rings. The summed E-state index contributed by atoms with van der Waals surface area (Å²) in [5.41, 5.74) is 3.18. The number of nitrogens with zero attached hydrogens (tertiary/aromatic N) is 3. The molecule has 3 N–H and O–H groups in total. The van der Waals surface area contributed by atoms with Gasteiger partial charge in [-0.25, -0.2) is 0 Å². The normalized spacial score (nSPS) is 10.9. The Hall–Kier alpha value is -3.46. The minimum atomic E-state index is -0.466. The number of hydrogen-bond acceptors (Lipinski definition) is 8. The van der Waals surface area contributed by atoms with E-state index in [4.69, 9.17) is 9.63 Å². The highest BCUT2D eigenvalue weighted by atomic mass is 16.6. The van der Waals surface area contributed by atoms with Crippen LogP contribution in [0.25, 0.3) is 11.4 Å². The average Bonchev–Trinajstić information content (AvgIpc) is 3.20. The topological polar surface area (TPSA) is 126 Å². The summed E-state index contributed by atoms with van der Waals surface area (Å²) in [6.07, 6.45) is 0. The van der Waals surface area contributed by atoms with Gasteiger partial charge in [-0.15, -0.1) is 0 Å². The van der Waals surface area contributed by atoms with Crippen molar-refractivity contribution in [1.29, 1.82) is 0 Å². The van der Waals surface area contributed by atoms with Crippen LogP contribution in [0.4, 0.5) is 17.1 Å². The summed E-state index contributed by atoms with van der Waals surface area (Å²) in [5.74, 6) is 1.28. The molecule has 0 aliphatic heterocycles. The minimum Gasteiger partial charge on any atom is -0.395 e. The predicted molar refractivity (Wildman–Crippen MR) is 110 cm³/mol. The Bertz CT molecular complexity index is 969. The zero-order valence-electron chi connectivity index (χ0n) is 16.3. The maximum Gasteiger partial charge on any atom is 0.271 e. The van der Waals surface area contributed by atoms with Gasteiger partial charge in [-0.1, -0.05) is 43.3 Å². The Kier molecular flexibility index (Phi) is 6.40. The average molecular weight is 397 g/mol. The number of rotatable bonds is 9. The van der Waals surface area contributed by atoms with Crippen molar-refractivity contribution < 1.29 is 14.6 Å². The molecule has 2 aromatic carbocycles. The second-order valence-electron chi connectivity index (χ2n) is 6.78. The van der Waals surface area contributed by atoms with Crippen molar-refractivity contribution in [3.05, 3.63) is 64.0 Å². The zero-order chi connectivity index (χ0) is 20.8. The molecule has 0 amide bonds. The van der Waals surface area contributed by atoms with E-state index < -0.39 is 4.92 Å². The molecule has 1 heterocycles. The standard InChI is InChI=1S/C20H23N5O4/c1-13(2)14-3-5-15(6-4-14)20-23-19(29-24-20)12-22-18-11-16(25(27)28)7-8-17(18)21-9-10-26/h3-8,11,13,21-22,26H,9-10,12H2,1-2H3. The summed E-state index contributed by atoms with van der Waals surface area (Å²) in [6, 6.07) is 12.4. The van der Waals surface area contributed by atoms with Gasteiger partial charge in [0.05, 0.1) is 29.4 Å². The predicted octanol–water partition coefficient (Wildman–Crippen LogP) is 3.78. The van der Waals surface area contributed by atoms with Gasteiger partial charge in [0.2, 0.25) is 11.7 Å². The Morgan fingerprint density at radius 2 is 1.90 bits per heavy atom. The number of nitro benzene ring substituents is 1. The molecule has 0 radical (unpaired) electrons. The highest BCUT2D eigenvalue weighted by molar-refractivity contribution is 5.72. The summed E-state index contributed by atoms with van der Waals surface area (Å²) in [5, 5.41) is 30.2. The first-order valence-corrected chi connectivity index (χ1v) is 9.28. The van der Waals surface area contributed by atoms with Gasteiger partial charge in [0.1, 0.15) is 0 Å². The molecule has 0 fully saturated rings. The Morgan fingerprint density at radius 3 is 2.55 bits per heavy atom. The van der Waals surface area contributed by atoms with Crippen LogP contribution < -0.4 is 10.6 Å². The third-order valence-electron chi connectivity index (χ3n) is 4.37. The van der Waals surface area contributed by atoms with Crippen LogP contribution in [0.3, 0.4) is 0 Å². The molecule has 0 saturated heterocycles. The van der Waals surface area contributed by atoms with Crippen LogP contribution >= 0.6 is 0 Å². The third kappa shape index (κ3) is 5.08. The second-order valence-corrected chi connectivity index (χ2v) is 6.78. The molecule has 0 spiro atoms. The van der Waals surface area contributed by atoms with Crippen molar-refractivity contribution in [3.63, 3.8) is 0 Å². The summed E-state index contributed by atoms with van der Waals surface area (Å²) in [7, 11) is 0. The van der Waals surface area contributed by atoms with Crippen LogP contribution in [-0.4, -0.2) is 33.3 Å². The smallest absolute Gasteiger partial charge is 0.271 e. The lowest BCUT2D eigenvalue weighted by Gasteiger charge is -2.12. The van der Waals surface area contributed by atoms with Crippen molar-refractivity contribution in [2.75, 3.05) is 23.8 Å². The van der Waals surface area contributed by atoms with Crippen LogP contribution in [0.5, 0.6) is 0 Å². The lowest BCUT2D eigenvalue weighted by Crippen LogP contribution is -2.09. The number of anilines is 2. The number of hydrogen-bond donors (Lipinski definition) is 3. The molecule has 0 aliphatic carbocycles. The first-order valence-electron chi connectivity index (χ1n) is 9.28. The molecule has 9 nitrogen and oxygen atoms in total. The Morgan fingerprint density at radius 1 is 1.14 bits per heavy atom. The van der Waals surface area contributed by atoms with E-state index >= 15 is 0 Å².